The third-order valence-corrected chi connectivity index (χ3v) is 5.74. The predicted molar refractivity (Wildman–Crippen MR) is 120 cm³/mol. The first-order chi connectivity index (χ1) is 14.2. The topological polar surface area (TPSA) is 68.3 Å². The first kappa shape index (κ1) is 21.4. The second-order valence-electron chi connectivity index (χ2n) is 8.06. The van der Waals surface area contributed by atoms with Gasteiger partial charge < -0.3 is 10.6 Å². The Kier molecular flexibility index (Phi) is 8.11. The Bertz CT molecular complexity index is 754. The number of hydrogen-bond donors (Lipinski definition) is 3. The molecule has 2 aromatic rings. The number of likely N-dealkylation sites (tertiary alicyclic amines) is 1. The largest absolute Gasteiger partial charge is 0.357 e. The van der Waals surface area contributed by atoms with Crippen LogP contribution in [-0.2, 0) is 13.0 Å². The molecule has 1 aliphatic heterocycles. The monoisotopic (exact) mass is 396 g/mol. The molecule has 158 valence electrons. The number of nitrogens with one attached hydrogen (secondary N) is 3. The Hall–Kier alpha value is -2.34. The van der Waals surface area contributed by atoms with Gasteiger partial charge >= 0.3 is 0 Å². The Labute approximate surface area is 175 Å². The minimum Gasteiger partial charge on any atom is -0.357 e. The number of piperidine rings is 1. The predicted octanol–water partition coefficient (Wildman–Crippen LogP) is 3.26. The lowest BCUT2D eigenvalue weighted by atomic mass is 9.97. The third-order valence-electron chi connectivity index (χ3n) is 5.74. The van der Waals surface area contributed by atoms with Crippen LogP contribution in [0.2, 0.25) is 0 Å². The zero-order valence-corrected chi connectivity index (χ0v) is 18.1. The summed E-state index contributed by atoms with van der Waals surface area (Å²) in [5.41, 5.74) is 3.85. The molecule has 1 fully saturated rings. The summed E-state index contributed by atoms with van der Waals surface area (Å²) in [6, 6.07) is 11.8. The molecule has 1 aliphatic rings. The van der Waals surface area contributed by atoms with E-state index in [4.69, 9.17) is 4.99 Å². The maximum absolute atomic E-state index is 4.80. The number of hydrogen-bond acceptors (Lipinski definition) is 3. The van der Waals surface area contributed by atoms with Crippen molar-refractivity contribution in [2.45, 2.75) is 65.1 Å². The first-order valence-electron chi connectivity index (χ1n) is 11.0. The number of aromatic nitrogens is 2. The summed E-state index contributed by atoms with van der Waals surface area (Å²) in [5, 5.41) is 14.2. The zero-order chi connectivity index (χ0) is 20.5. The van der Waals surface area contributed by atoms with Gasteiger partial charge in [-0.15, -0.1) is 0 Å². The Morgan fingerprint density at radius 1 is 1.31 bits per heavy atom. The van der Waals surface area contributed by atoms with E-state index in [2.05, 4.69) is 76.8 Å². The molecule has 1 aromatic carbocycles. The van der Waals surface area contributed by atoms with Crippen LogP contribution in [0.5, 0.6) is 0 Å². The lowest BCUT2D eigenvalue weighted by molar-refractivity contribution is 0.134. The average molecular weight is 397 g/mol. The van der Waals surface area contributed by atoms with Crippen molar-refractivity contribution in [1.29, 1.82) is 0 Å². The van der Waals surface area contributed by atoms with Gasteiger partial charge in [0.1, 0.15) is 0 Å². The molecule has 0 amide bonds. The quantitative estimate of drug-likeness (QED) is 0.364. The van der Waals surface area contributed by atoms with E-state index in [9.17, 15) is 0 Å². The van der Waals surface area contributed by atoms with Crippen molar-refractivity contribution in [3.05, 3.63) is 53.3 Å². The Balaban J connectivity index is 1.45. The summed E-state index contributed by atoms with van der Waals surface area (Å²) in [5.74, 6) is 0.949. The maximum Gasteiger partial charge on any atom is 0.191 e. The highest BCUT2D eigenvalue weighted by Crippen LogP contribution is 2.20. The molecule has 0 aliphatic carbocycles. The number of aromatic amines is 1. The minimum absolute atomic E-state index is 0.478. The zero-order valence-electron chi connectivity index (χ0n) is 18.1. The molecule has 2 unspecified atom stereocenters. The molecule has 0 radical (unpaired) electrons. The fourth-order valence-electron chi connectivity index (χ4n) is 4.01. The molecule has 29 heavy (non-hydrogen) atoms. The number of H-pyrrole nitrogens is 1. The van der Waals surface area contributed by atoms with E-state index in [1.165, 1.54) is 11.1 Å². The second kappa shape index (κ2) is 11.0. The molecule has 3 rings (SSSR count). The van der Waals surface area contributed by atoms with Crippen LogP contribution in [0.1, 0.15) is 49.9 Å². The van der Waals surface area contributed by atoms with Gasteiger partial charge in [-0.25, -0.2) is 0 Å². The molecular formula is C23H36N6. The van der Waals surface area contributed by atoms with Gasteiger partial charge in [-0.2, -0.15) is 5.10 Å². The van der Waals surface area contributed by atoms with Crippen LogP contribution in [-0.4, -0.2) is 52.8 Å². The Morgan fingerprint density at radius 3 is 2.83 bits per heavy atom. The van der Waals surface area contributed by atoms with E-state index < -0.39 is 0 Å². The van der Waals surface area contributed by atoms with Crippen LogP contribution in [0, 0.1) is 6.92 Å². The minimum atomic E-state index is 0.478. The fourth-order valence-corrected chi connectivity index (χ4v) is 4.01. The van der Waals surface area contributed by atoms with Gasteiger partial charge in [0.2, 0.25) is 0 Å². The number of guanidine groups is 1. The number of aryl methyl sites for hydroxylation is 2. The van der Waals surface area contributed by atoms with Gasteiger partial charge in [-0.05, 0) is 57.6 Å². The summed E-state index contributed by atoms with van der Waals surface area (Å²) in [7, 11) is 0. The van der Waals surface area contributed by atoms with Gasteiger partial charge in [0, 0.05) is 44.0 Å². The number of benzene rings is 1. The molecule has 2 atom stereocenters. The number of aliphatic imine (C=N–C) groups is 1. The lowest BCUT2D eigenvalue weighted by Crippen LogP contribution is -2.51. The van der Waals surface area contributed by atoms with E-state index in [0.717, 1.165) is 63.5 Å². The highest BCUT2D eigenvalue weighted by molar-refractivity contribution is 5.80. The third kappa shape index (κ3) is 6.60. The Morgan fingerprint density at radius 2 is 2.14 bits per heavy atom. The summed E-state index contributed by atoms with van der Waals surface area (Å²) in [6.07, 6.45) is 6.26. The van der Waals surface area contributed by atoms with Gasteiger partial charge in [0.25, 0.3) is 0 Å². The van der Waals surface area contributed by atoms with Crippen molar-refractivity contribution in [2.75, 3.05) is 19.6 Å². The summed E-state index contributed by atoms with van der Waals surface area (Å²) < 4.78 is 0. The average Bonchev–Trinajstić information content (AvgIpc) is 3.13. The van der Waals surface area contributed by atoms with Crippen molar-refractivity contribution in [3.63, 3.8) is 0 Å². The molecule has 3 N–H and O–H groups in total. The van der Waals surface area contributed by atoms with Crippen LogP contribution in [0.25, 0.3) is 0 Å². The van der Waals surface area contributed by atoms with E-state index in [-0.39, 0.29) is 0 Å². The van der Waals surface area contributed by atoms with E-state index in [1.807, 2.05) is 6.20 Å². The molecule has 0 spiro atoms. The van der Waals surface area contributed by atoms with Crippen molar-refractivity contribution in [2.24, 2.45) is 4.99 Å². The summed E-state index contributed by atoms with van der Waals surface area (Å²) in [6.45, 7) is 10.4. The molecule has 6 heteroatoms. The van der Waals surface area contributed by atoms with Gasteiger partial charge in [-0.1, -0.05) is 30.3 Å². The fraction of sp³-hybridized carbons (Fsp3) is 0.565. The summed E-state index contributed by atoms with van der Waals surface area (Å²) >= 11 is 0. The van der Waals surface area contributed by atoms with Gasteiger partial charge in [0.05, 0.1) is 6.20 Å². The van der Waals surface area contributed by atoms with Gasteiger partial charge in [0.15, 0.2) is 5.96 Å². The van der Waals surface area contributed by atoms with E-state index in [0.29, 0.717) is 12.1 Å². The van der Waals surface area contributed by atoms with Crippen LogP contribution >= 0.6 is 0 Å². The molecular weight excluding hydrogens is 360 g/mol. The smallest absolute Gasteiger partial charge is 0.191 e. The normalized spacial score (nSPS) is 20.6. The van der Waals surface area contributed by atoms with Crippen LogP contribution in [0.3, 0.4) is 0 Å². The highest BCUT2D eigenvalue weighted by atomic mass is 15.2. The molecule has 0 saturated carbocycles. The van der Waals surface area contributed by atoms with E-state index >= 15 is 0 Å². The first-order valence-corrected chi connectivity index (χ1v) is 11.0. The van der Waals surface area contributed by atoms with Crippen molar-refractivity contribution >= 4 is 5.96 Å². The molecule has 0 bridgehead atoms. The molecule has 6 nitrogen and oxygen atoms in total. The van der Waals surface area contributed by atoms with Crippen LogP contribution in [0.15, 0.2) is 41.5 Å². The van der Waals surface area contributed by atoms with Crippen molar-refractivity contribution < 1.29 is 0 Å². The maximum atomic E-state index is 4.80. The second-order valence-corrected chi connectivity index (χ2v) is 8.06. The van der Waals surface area contributed by atoms with Gasteiger partial charge in [-0.3, -0.25) is 15.0 Å². The molecule has 1 saturated heterocycles. The van der Waals surface area contributed by atoms with E-state index in [1.54, 1.807) is 0 Å². The summed E-state index contributed by atoms with van der Waals surface area (Å²) in [4.78, 5) is 7.39. The van der Waals surface area contributed by atoms with Crippen molar-refractivity contribution in [3.8, 4) is 0 Å². The standard InChI is InChI=1S/C23H36N6/c1-4-24-23(25-13-8-11-21-16-26-28-19(21)3)27-22-12-14-29(18(2)15-22)17-20-9-6-5-7-10-20/h5-7,9-10,16,18,22H,4,8,11-15,17H2,1-3H3,(H,26,28)(H2,24,25,27). The number of nitrogens with zero attached hydrogens (tertiary/aromatic N) is 3. The lowest BCUT2D eigenvalue weighted by Gasteiger charge is -2.38. The molecule has 1 aromatic heterocycles. The molecule has 2 heterocycles. The van der Waals surface area contributed by atoms with Crippen LogP contribution < -0.4 is 10.6 Å². The highest BCUT2D eigenvalue weighted by Gasteiger charge is 2.25. The van der Waals surface area contributed by atoms with Crippen LogP contribution in [0.4, 0.5) is 0 Å². The number of rotatable bonds is 8. The van der Waals surface area contributed by atoms with Crippen molar-refractivity contribution in [1.82, 2.24) is 25.7 Å². The SMILES string of the molecule is CCNC(=NCCCc1cn[nH]c1C)NC1CCN(Cc2ccccc2)C(C)C1.